The van der Waals surface area contributed by atoms with Crippen LogP contribution in [0.4, 0.5) is 18.9 Å². The third kappa shape index (κ3) is 6.45. The molecule has 3 rings (SSSR count). The number of nitrogens with zero attached hydrogens (tertiary/aromatic N) is 1. The van der Waals surface area contributed by atoms with Gasteiger partial charge in [-0.2, -0.15) is 13.2 Å². The van der Waals surface area contributed by atoms with Gasteiger partial charge in [-0.1, -0.05) is 18.2 Å². The maximum Gasteiger partial charge on any atom is 0.490 e. The standard InChI is InChI=1S/C17H23N3O2.C2HF3O2/c18-8-7-12-5-6-14(9-12)19-16(21)11-20-15-4-2-1-3-13(15)10-17(20)22;3-2(4,5)1(6)7/h1-4,12,14H,5-11,18H2,(H,19,21);(H,6,7). The van der Waals surface area contributed by atoms with E-state index in [9.17, 15) is 22.8 Å². The number of carbonyl (C=O) groups excluding carboxylic acids is 2. The zero-order chi connectivity index (χ0) is 21.6. The van der Waals surface area contributed by atoms with E-state index in [1.807, 2.05) is 24.3 Å². The average Bonchev–Trinajstić information content (AvgIpc) is 3.19. The number of fused-ring (bicyclic) bond motifs is 1. The largest absolute Gasteiger partial charge is 0.490 e. The molecule has 0 aromatic heterocycles. The number of carboxylic acids is 1. The highest BCUT2D eigenvalue weighted by Crippen LogP contribution is 2.29. The molecule has 2 atom stereocenters. The molecule has 1 saturated carbocycles. The van der Waals surface area contributed by atoms with Gasteiger partial charge in [0.05, 0.1) is 6.42 Å². The molecule has 10 heteroatoms. The van der Waals surface area contributed by atoms with Crippen molar-refractivity contribution in [2.45, 2.75) is 44.3 Å². The second-order valence-corrected chi connectivity index (χ2v) is 7.11. The second kappa shape index (κ2) is 9.73. The molecule has 0 radical (unpaired) electrons. The molecule has 1 aliphatic carbocycles. The lowest BCUT2D eigenvalue weighted by molar-refractivity contribution is -0.192. The lowest BCUT2D eigenvalue weighted by atomic mass is 10.0. The van der Waals surface area contributed by atoms with Gasteiger partial charge in [0.15, 0.2) is 0 Å². The van der Waals surface area contributed by atoms with Gasteiger partial charge in [0.25, 0.3) is 0 Å². The number of carboxylic acid groups (broad SMARTS) is 1. The Morgan fingerprint density at radius 1 is 1.24 bits per heavy atom. The minimum atomic E-state index is -5.08. The first-order chi connectivity index (χ1) is 13.6. The fourth-order valence-electron chi connectivity index (χ4n) is 3.61. The fourth-order valence-corrected chi connectivity index (χ4v) is 3.61. The fraction of sp³-hybridized carbons (Fsp3) is 0.526. The second-order valence-electron chi connectivity index (χ2n) is 7.11. The Morgan fingerprint density at radius 2 is 1.90 bits per heavy atom. The van der Waals surface area contributed by atoms with E-state index >= 15 is 0 Å². The third-order valence-electron chi connectivity index (χ3n) is 4.95. The lowest BCUT2D eigenvalue weighted by Gasteiger charge is -2.19. The number of nitrogens with one attached hydrogen (secondary N) is 1. The van der Waals surface area contributed by atoms with Crippen molar-refractivity contribution in [1.82, 2.24) is 5.32 Å². The van der Waals surface area contributed by atoms with Crippen molar-refractivity contribution in [2.24, 2.45) is 11.7 Å². The number of halogens is 3. The molecule has 0 bridgehead atoms. The number of alkyl halides is 3. The summed E-state index contributed by atoms with van der Waals surface area (Å²) in [5, 5.41) is 10.2. The van der Waals surface area contributed by atoms with Crippen LogP contribution in [0.5, 0.6) is 0 Å². The quantitative estimate of drug-likeness (QED) is 0.679. The molecule has 7 nitrogen and oxygen atoms in total. The van der Waals surface area contributed by atoms with Crippen LogP contribution in [0.25, 0.3) is 0 Å². The Kier molecular flexibility index (Phi) is 7.60. The van der Waals surface area contributed by atoms with Crippen LogP contribution in [0, 0.1) is 5.92 Å². The summed E-state index contributed by atoms with van der Waals surface area (Å²) in [6.07, 6.45) is -0.502. The summed E-state index contributed by atoms with van der Waals surface area (Å²) in [5.74, 6) is -2.19. The Balaban J connectivity index is 0.000000370. The minimum Gasteiger partial charge on any atom is -0.475 e. The van der Waals surface area contributed by atoms with Crippen molar-refractivity contribution in [3.05, 3.63) is 29.8 Å². The van der Waals surface area contributed by atoms with Gasteiger partial charge in [0.1, 0.15) is 6.54 Å². The van der Waals surface area contributed by atoms with Gasteiger partial charge >= 0.3 is 12.1 Å². The average molecular weight is 415 g/mol. The first kappa shape index (κ1) is 22.7. The van der Waals surface area contributed by atoms with Crippen molar-refractivity contribution >= 4 is 23.5 Å². The molecule has 0 spiro atoms. The molecule has 2 unspecified atom stereocenters. The van der Waals surface area contributed by atoms with Gasteiger partial charge in [-0.15, -0.1) is 0 Å². The monoisotopic (exact) mass is 415 g/mol. The molecule has 1 fully saturated rings. The van der Waals surface area contributed by atoms with Crippen molar-refractivity contribution < 1.29 is 32.7 Å². The number of para-hydroxylation sites is 1. The molecular weight excluding hydrogens is 391 g/mol. The molecular formula is C19H24F3N3O4. The Morgan fingerprint density at radius 3 is 2.52 bits per heavy atom. The van der Waals surface area contributed by atoms with Crippen LogP contribution in [-0.2, 0) is 20.8 Å². The zero-order valence-electron chi connectivity index (χ0n) is 15.7. The highest BCUT2D eigenvalue weighted by atomic mass is 19.4. The predicted octanol–water partition coefficient (Wildman–Crippen LogP) is 1.84. The molecule has 160 valence electrons. The number of hydrogen-bond acceptors (Lipinski definition) is 4. The number of benzene rings is 1. The van der Waals surface area contributed by atoms with Crippen LogP contribution in [0.15, 0.2) is 24.3 Å². The van der Waals surface area contributed by atoms with E-state index in [1.54, 1.807) is 4.90 Å². The molecule has 1 heterocycles. The number of rotatable bonds is 5. The zero-order valence-corrected chi connectivity index (χ0v) is 15.7. The van der Waals surface area contributed by atoms with Gasteiger partial charge in [0.2, 0.25) is 11.8 Å². The van der Waals surface area contributed by atoms with Gasteiger partial charge in [-0.3, -0.25) is 9.59 Å². The van der Waals surface area contributed by atoms with Crippen LogP contribution < -0.4 is 16.0 Å². The number of anilines is 1. The summed E-state index contributed by atoms with van der Waals surface area (Å²) >= 11 is 0. The molecule has 1 aromatic rings. The summed E-state index contributed by atoms with van der Waals surface area (Å²) in [7, 11) is 0. The molecule has 2 aliphatic rings. The number of amides is 2. The summed E-state index contributed by atoms with van der Waals surface area (Å²) in [6, 6.07) is 7.90. The van der Waals surface area contributed by atoms with E-state index in [4.69, 9.17) is 15.6 Å². The highest BCUT2D eigenvalue weighted by molar-refractivity contribution is 6.04. The molecule has 1 aliphatic heterocycles. The van der Waals surface area contributed by atoms with Gasteiger partial charge in [-0.05, 0) is 49.8 Å². The first-order valence-corrected chi connectivity index (χ1v) is 9.29. The van der Waals surface area contributed by atoms with Crippen molar-refractivity contribution in [2.75, 3.05) is 18.0 Å². The number of carbonyl (C=O) groups is 3. The van der Waals surface area contributed by atoms with Crippen molar-refractivity contribution in [1.29, 1.82) is 0 Å². The van der Waals surface area contributed by atoms with Crippen molar-refractivity contribution in [3.8, 4) is 0 Å². The Labute approximate surface area is 166 Å². The van der Waals surface area contributed by atoms with Crippen molar-refractivity contribution in [3.63, 3.8) is 0 Å². The van der Waals surface area contributed by atoms with Gasteiger partial charge in [0, 0.05) is 11.7 Å². The number of aliphatic carboxylic acids is 1. The highest BCUT2D eigenvalue weighted by Gasteiger charge is 2.38. The third-order valence-corrected chi connectivity index (χ3v) is 4.95. The van der Waals surface area contributed by atoms with Gasteiger partial charge < -0.3 is 21.1 Å². The molecule has 4 N–H and O–H groups in total. The van der Waals surface area contributed by atoms with Crippen LogP contribution in [0.2, 0.25) is 0 Å². The van der Waals surface area contributed by atoms with E-state index in [2.05, 4.69) is 5.32 Å². The van der Waals surface area contributed by atoms with E-state index in [-0.39, 0.29) is 24.4 Å². The number of hydrogen-bond donors (Lipinski definition) is 3. The van der Waals surface area contributed by atoms with Crippen LogP contribution in [0.1, 0.15) is 31.2 Å². The Bertz CT molecular complexity index is 754. The topological polar surface area (TPSA) is 113 Å². The first-order valence-electron chi connectivity index (χ1n) is 9.29. The normalized spacial score (nSPS) is 20.7. The molecule has 1 aromatic carbocycles. The van der Waals surface area contributed by atoms with Crippen LogP contribution in [-0.4, -0.2) is 48.2 Å². The van der Waals surface area contributed by atoms with E-state index in [0.29, 0.717) is 18.9 Å². The van der Waals surface area contributed by atoms with E-state index < -0.39 is 12.1 Å². The molecule has 29 heavy (non-hydrogen) atoms. The summed E-state index contributed by atoms with van der Waals surface area (Å²) in [5.41, 5.74) is 7.47. The SMILES string of the molecule is NCCC1CCC(NC(=O)CN2C(=O)Cc3ccccc32)C1.O=C(O)C(F)(F)F. The molecule has 2 amide bonds. The predicted molar refractivity (Wildman–Crippen MR) is 99.1 cm³/mol. The smallest absolute Gasteiger partial charge is 0.475 e. The number of nitrogens with two attached hydrogens (primary N) is 1. The molecule has 0 saturated heterocycles. The van der Waals surface area contributed by atoms with Gasteiger partial charge in [-0.25, -0.2) is 4.79 Å². The maximum atomic E-state index is 12.2. The summed E-state index contributed by atoms with van der Waals surface area (Å²) in [4.78, 5) is 34.8. The van der Waals surface area contributed by atoms with E-state index in [0.717, 1.165) is 36.9 Å². The van der Waals surface area contributed by atoms with E-state index in [1.165, 1.54) is 0 Å². The summed E-state index contributed by atoms with van der Waals surface area (Å²) in [6.45, 7) is 0.832. The Hall–Kier alpha value is -2.62. The summed E-state index contributed by atoms with van der Waals surface area (Å²) < 4.78 is 31.7. The maximum absolute atomic E-state index is 12.2. The van der Waals surface area contributed by atoms with Crippen LogP contribution >= 0.6 is 0 Å². The van der Waals surface area contributed by atoms with Crippen LogP contribution in [0.3, 0.4) is 0 Å². The minimum absolute atomic E-state index is 0.00350. The lowest BCUT2D eigenvalue weighted by Crippen LogP contribution is -2.42.